The summed E-state index contributed by atoms with van der Waals surface area (Å²) in [4.78, 5) is 23.7. The lowest BCUT2D eigenvalue weighted by atomic mass is 10.1. The summed E-state index contributed by atoms with van der Waals surface area (Å²) in [6.45, 7) is 3.87. The number of rotatable bonds is 2. The van der Waals surface area contributed by atoms with Crippen LogP contribution < -0.4 is 10.6 Å². The van der Waals surface area contributed by atoms with Crippen LogP contribution in [0.15, 0.2) is 36.4 Å². The Balaban J connectivity index is 2.07. The lowest BCUT2D eigenvalue weighted by Crippen LogP contribution is -2.29. The van der Waals surface area contributed by atoms with E-state index in [0.29, 0.717) is 10.7 Å². The van der Waals surface area contributed by atoms with Crippen molar-refractivity contribution < 1.29 is 14.7 Å². The molecule has 0 bridgehead atoms. The first-order chi connectivity index (χ1) is 10.4. The maximum absolute atomic E-state index is 11.9. The maximum atomic E-state index is 11.9. The zero-order chi connectivity index (χ0) is 16.3. The van der Waals surface area contributed by atoms with Crippen LogP contribution in [0.3, 0.4) is 0 Å². The molecule has 0 fully saturated rings. The minimum absolute atomic E-state index is 0.0766. The Morgan fingerprint density at radius 2 is 1.64 bits per heavy atom. The summed E-state index contributed by atoms with van der Waals surface area (Å²) < 4.78 is 0. The second-order valence-corrected chi connectivity index (χ2v) is 5.31. The maximum Gasteiger partial charge on any atom is 0.314 e. The Kier molecular flexibility index (Phi) is 4.68. The molecule has 0 aliphatic carbocycles. The number of hydrogen-bond donors (Lipinski definition) is 3. The number of phenols is 1. The van der Waals surface area contributed by atoms with Crippen LogP contribution in [-0.2, 0) is 9.59 Å². The highest BCUT2D eigenvalue weighted by Gasteiger charge is 2.16. The zero-order valence-electron chi connectivity index (χ0n) is 12.1. The molecule has 0 atom stereocenters. The number of aryl methyl sites for hydroxylation is 2. The largest absolute Gasteiger partial charge is 0.506 e. The van der Waals surface area contributed by atoms with Crippen LogP contribution in [0.1, 0.15) is 11.1 Å². The molecule has 22 heavy (non-hydrogen) atoms. The molecule has 0 aliphatic heterocycles. The van der Waals surface area contributed by atoms with E-state index >= 15 is 0 Å². The summed E-state index contributed by atoms with van der Waals surface area (Å²) in [5, 5.41) is 14.8. The Bertz CT molecular complexity index is 744. The van der Waals surface area contributed by atoms with Crippen molar-refractivity contribution in [2.75, 3.05) is 10.6 Å². The van der Waals surface area contributed by atoms with Gasteiger partial charge in [0.2, 0.25) is 0 Å². The molecule has 2 rings (SSSR count). The summed E-state index contributed by atoms with van der Waals surface area (Å²) >= 11 is 5.78. The number of carbonyl (C=O) groups is 2. The minimum atomic E-state index is -0.893. The number of hydrogen-bond acceptors (Lipinski definition) is 3. The van der Waals surface area contributed by atoms with E-state index in [9.17, 15) is 14.7 Å². The SMILES string of the molecule is Cc1ccc(NC(=O)C(=O)Nc2cc(Cl)ccc2O)cc1C. The van der Waals surface area contributed by atoms with Crippen molar-refractivity contribution in [3.8, 4) is 5.75 Å². The van der Waals surface area contributed by atoms with Gasteiger partial charge in [0.1, 0.15) is 5.75 Å². The zero-order valence-corrected chi connectivity index (χ0v) is 12.9. The molecule has 3 N–H and O–H groups in total. The van der Waals surface area contributed by atoms with Crippen molar-refractivity contribution in [1.82, 2.24) is 0 Å². The van der Waals surface area contributed by atoms with Crippen LogP contribution in [-0.4, -0.2) is 16.9 Å². The second-order valence-electron chi connectivity index (χ2n) is 4.87. The van der Waals surface area contributed by atoms with Crippen molar-refractivity contribution in [1.29, 1.82) is 0 Å². The molecule has 2 amide bonds. The van der Waals surface area contributed by atoms with Crippen LogP contribution >= 0.6 is 11.6 Å². The number of carbonyl (C=O) groups excluding carboxylic acids is 2. The van der Waals surface area contributed by atoms with Gasteiger partial charge in [-0.2, -0.15) is 0 Å². The van der Waals surface area contributed by atoms with Gasteiger partial charge in [-0.1, -0.05) is 17.7 Å². The number of phenolic OH excluding ortho intramolecular Hbond substituents is 1. The van der Waals surface area contributed by atoms with E-state index < -0.39 is 11.8 Å². The number of nitrogens with one attached hydrogen (secondary N) is 2. The third-order valence-corrected chi connectivity index (χ3v) is 3.41. The van der Waals surface area contributed by atoms with Gasteiger partial charge in [0.25, 0.3) is 0 Å². The quantitative estimate of drug-likeness (QED) is 0.587. The van der Waals surface area contributed by atoms with Gasteiger partial charge in [-0.15, -0.1) is 0 Å². The molecule has 114 valence electrons. The monoisotopic (exact) mass is 318 g/mol. The van der Waals surface area contributed by atoms with E-state index in [1.807, 2.05) is 19.9 Å². The van der Waals surface area contributed by atoms with Crippen molar-refractivity contribution in [3.63, 3.8) is 0 Å². The lowest BCUT2D eigenvalue weighted by Gasteiger charge is -2.09. The van der Waals surface area contributed by atoms with Gasteiger partial charge in [-0.25, -0.2) is 0 Å². The van der Waals surface area contributed by atoms with E-state index in [4.69, 9.17) is 11.6 Å². The summed E-state index contributed by atoms with van der Waals surface area (Å²) in [6, 6.07) is 9.51. The van der Waals surface area contributed by atoms with Gasteiger partial charge in [0.15, 0.2) is 0 Å². The fraction of sp³-hybridized carbons (Fsp3) is 0.125. The summed E-state index contributed by atoms with van der Waals surface area (Å²) in [5.41, 5.74) is 2.70. The van der Waals surface area contributed by atoms with Gasteiger partial charge in [0, 0.05) is 10.7 Å². The normalized spacial score (nSPS) is 10.1. The van der Waals surface area contributed by atoms with E-state index in [-0.39, 0.29) is 11.4 Å². The first kappa shape index (κ1) is 15.9. The smallest absolute Gasteiger partial charge is 0.314 e. The topological polar surface area (TPSA) is 78.4 Å². The fourth-order valence-electron chi connectivity index (χ4n) is 1.79. The lowest BCUT2D eigenvalue weighted by molar-refractivity contribution is -0.133. The minimum Gasteiger partial charge on any atom is -0.506 e. The average molecular weight is 319 g/mol. The Morgan fingerprint density at radius 3 is 2.32 bits per heavy atom. The molecule has 0 heterocycles. The molecule has 0 aromatic heterocycles. The highest BCUT2D eigenvalue weighted by Crippen LogP contribution is 2.26. The summed E-state index contributed by atoms with van der Waals surface area (Å²) in [6.07, 6.45) is 0. The van der Waals surface area contributed by atoms with Crippen molar-refractivity contribution in [2.45, 2.75) is 13.8 Å². The third-order valence-electron chi connectivity index (χ3n) is 3.18. The van der Waals surface area contributed by atoms with Gasteiger partial charge in [0.05, 0.1) is 5.69 Å². The Morgan fingerprint density at radius 1 is 0.955 bits per heavy atom. The second kappa shape index (κ2) is 6.49. The predicted octanol–water partition coefficient (Wildman–Crippen LogP) is 3.24. The standard InChI is InChI=1S/C16H15ClN2O3/c1-9-3-5-12(7-10(9)2)18-15(21)16(22)19-13-8-11(17)4-6-14(13)20/h3-8,20H,1-2H3,(H,18,21)(H,19,22). The summed E-state index contributed by atoms with van der Waals surface area (Å²) in [5.74, 6) is -1.89. The molecule has 0 aliphatic rings. The highest BCUT2D eigenvalue weighted by atomic mass is 35.5. The number of amides is 2. The third kappa shape index (κ3) is 3.77. The number of aromatic hydroxyl groups is 1. The number of halogens is 1. The highest BCUT2D eigenvalue weighted by molar-refractivity contribution is 6.44. The molecule has 0 unspecified atom stereocenters. The Hall–Kier alpha value is -2.53. The molecule has 6 heteroatoms. The van der Waals surface area contributed by atoms with E-state index in [0.717, 1.165) is 11.1 Å². The van der Waals surface area contributed by atoms with E-state index in [1.165, 1.54) is 18.2 Å². The Labute approximate surface area is 132 Å². The fourth-order valence-corrected chi connectivity index (χ4v) is 1.97. The first-order valence-corrected chi connectivity index (χ1v) is 6.92. The van der Waals surface area contributed by atoms with E-state index in [1.54, 1.807) is 12.1 Å². The first-order valence-electron chi connectivity index (χ1n) is 6.55. The predicted molar refractivity (Wildman–Crippen MR) is 86.3 cm³/mol. The molecule has 0 saturated heterocycles. The molecular formula is C16H15ClN2O3. The van der Waals surface area contributed by atoms with Gasteiger partial charge >= 0.3 is 11.8 Å². The summed E-state index contributed by atoms with van der Waals surface area (Å²) in [7, 11) is 0. The molecule has 2 aromatic rings. The molecule has 0 spiro atoms. The molecule has 0 saturated carbocycles. The van der Waals surface area contributed by atoms with Gasteiger partial charge in [-0.3, -0.25) is 9.59 Å². The van der Waals surface area contributed by atoms with E-state index in [2.05, 4.69) is 10.6 Å². The van der Waals surface area contributed by atoms with Crippen LogP contribution in [0.2, 0.25) is 5.02 Å². The van der Waals surface area contributed by atoms with Crippen molar-refractivity contribution in [3.05, 3.63) is 52.5 Å². The molecule has 0 radical (unpaired) electrons. The van der Waals surface area contributed by atoms with Crippen molar-refractivity contribution in [2.24, 2.45) is 0 Å². The van der Waals surface area contributed by atoms with Crippen LogP contribution in [0.4, 0.5) is 11.4 Å². The van der Waals surface area contributed by atoms with Crippen LogP contribution in [0.25, 0.3) is 0 Å². The molecule has 5 nitrogen and oxygen atoms in total. The number of benzene rings is 2. The van der Waals surface area contributed by atoms with Gasteiger partial charge < -0.3 is 15.7 Å². The average Bonchev–Trinajstić information content (AvgIpc) is 2.46. The van der Waals surface area contributed by atoms with Crippen molar-refractivity contribution >= 4 is 34.8 Å². The van der Waals surface area contributed by atoms with Crippen LogP contribution in [0, 0.1) is 13.8 Å². The molecule has 2 aromatic carbocycles. The number of anilines is 2. The van der Waals surface area contributed by atoms with Crippen LogP contribution in [0.5, 0.6) is 5.75 Å². The van der Waals surface area contributed by atoms with Gasteiger partial charge in [-0.05, 0) is 55.3 Å². The molecular weight excluding hydrogens is 304 g/mol.